The number of thiazole rings is 1. The Morgan fingerprint density at radius 3 is 2.61 bits per heavy atom. The summed E-state index contributed by atoms with van der Waals surface area (Å²) in [6, 6.07) is 15.7. The summed E-state index contributed by atoms with van der Waals surface area (Å²) in [5, 5.41) is 11.3. The summed E-state index contributed by atoms with van der Waals surface area (Å²) in [5.41, 5.74) is 1.94. The average molecular weight is 437 g/mol. The minimum atomic E-state index is 0.224. The van der Waals surface area contributed by atoms with E-state index in [0.717, 1.165) is 68.3 Å². The van der Waals surface area contributed by atoms with Crippen molar-refractivity contribution in [3.63, 3.8) is 0 Å². The SMILES string of the molecule is O=C(CN1CCN(c2ccccc2O)CC1)N1CCC[C@H](c2nc3ccccc3s2)C1. The zero-order chi connectivity index (χ0) is 21.2. The van der Waals surface area contributed by atoms with Crippen molar-refractivity contribution in [3.05, 3.63) is 53.5 Å². The molecule has 1 atom stereocenters. The van der Waals surface area contributed by atoms with E-state index in [4.69, 9.17) is 4.98 Å². The van der Waals surface area contributed by atoms with Crippen LogP contribution >= 0.6 is 11.3 Å². The summed E-state index contributed by atoms with van der Waals surface area (Å²) < 4.78 is 1.23. The molecule has 6 nitrogen and oxygen atoms in total. The first kappa shape index (κ1) is 20.3. The molecule has 0 unspecified atom stereocenters. The van der Waals surface area contributed by atoms with Gasteiger partial charge < -0.3 is 14.9 Å². The highest BCUT2D eigenvalue weighted by Gasteiger charge is 2.28. The molecule has 1 amide bonds. The highest BCUT2D eigenvalue weighted by Crippen LogP contribution is 2.33. The number of hydrogen-bond acceptors (Lipinski definition) is 6. The number of likely N-dealkylation sites (tertiary alicyclic amines) is 1. The molecule has 2 aromatic carbocycles. The predicted octanol–water partition coefficient (Wildman–Crippen LogP) is 3.53. The number of piperidine rings is 1. The molecule has 2 fully saturated rings. The molecular weight excluding hydrogens is 408 g/mol. The van der Waals surface area contributed by atoms with E-state index in [2.05, 4.69) is 28.0 Å². The van der Waals surface area contributed by atoms with E-state index < -0.39 is 0 Å². The van der Waals surface area contributed by atoms with E-state index in [1.807, 2.05) is 29.2 Å². The Hall–Kier alpha value is -2.64. The Morgan fingerprint density at radius 2 is 1.81 bits per heavy atom. The second-order valence-corrected chi connectivity index (χ2v) is 9.51. The second kappa shape index (κ2) is 8.85. The minimum absolute atomic E-state index is 0.224. The fourth-order valence-corrected chi connectivity index (χ4v) is 5.73. The number of rotatable bonds is 4. The van der Waals surface area contributed by atoms with E-state index in [9.17, 15) is 9.90 Å². The molecule has 2 aliphatic heterocycles. The lowest BCUT2D eigenvalue weighted by Crippen LogP contribution is -2.51. The quantitative estimate of drug-likeness (QED) is 0.678. The van der Waals surface area contributed by atoms with Crippen molar-refractivity contribution < 1.29 is 9.90 Å². The highest BCUT2D eigenvalue weighted by molar-refractivity contribution is 7.18. The number of phenols is 1. The van der Waals surface area contributed by atoms with Crippen molar-refractivity contribution in [1.29, 1.82) is 0 Å². The number of aromatic hydroxyl groups is 1. The van der Waals surface area contributed by atoms with Gasteiger partial charge in [0.1, 0.15) is 5.75 Å². The van der Waals surface area contributed by atoms with Crippen molar-refractivity contribution in [3.8, 4) is 5.75 Å². The number of piperazine rings is 1. The van der Waals surface area contributed by atoms with Crippen LogP contribution in [0.5, 0.6) is 5.75 Å². The van der Waals surface area contributed by atoms with E-state index in [-0.39, 0.29) is 5.91 Å². The van der Waals surface area contributed by atoms with Crippen molar-refractivity contribution in [2.75, 3.05) is 50.7 Å². The summed E-state index contributed by atoms with van der Waals surface area (Å²) >= 11 is 1.77. The van der Waals surface area contributed by atoms with Crippen molar-refractivity contribution in [1.82, 2.24) is 14.8 Å². The fourth-order valence-electron chi connectivity index (χ4n) is 4.64. The van der Waals surface area contributed by atoms with Gasteiger partial charge in [-0.15, -0.1) is 11.3 Å². The molecule has 2 saturated heterocycles. The Morgan fingerprint density at radius 1 is 1.03 bits per heavy atom. The number of carbonyl (C=O) groups excluding carboxylic acids is 1. The van der Waals surface area contributed by atoms with Gasteiger partial charge >= 0.3 is 0 Å². The first-order valence-corrected chi connectivity index (χ1v) is 11.9. The van der Waals surface area contributed by atoms with Crippen LogP contribution in [-0.2, 0) is 4.79 Å². The molecule has 0 bridgehead atoms. The first-order valence-electron chi connectivity index (χ1n) is 11.1. The average Bonchev–Trinajstić information content (AvgIpc) is 3.25. The molecule has 1 N–H and O–H groups in total. The summed E-state index contributed by atoms with van der Waals surface area (Å²) in [7, 11) is 0. The molecular formula is C24H28N4O2S. The number of anilines is 1. The summed E-state index contributed by atoms with van der Waals surface area (Å²) in [4.78, 5) is 24.3. The number of nitrogens with zero attached hydrogens (tertiary/aromatic N) is 4. The van der Waals surface area contributed by atoms with E-state index >= 15 is 0 Å². The van der Waals surface area contributed by atoms with Gasteiger partial charge in [-0.05, 0) is 37.1 Å². The third-order valence-corrected chi connectivity index (χ3v) is 7.59. The topological polar surface area (TPSA) is 59.9 Å². The van der Waals surface area contributed by atoms with Gasteiger partial charge in [0.15, 0.2) is 0 Å². The fraction of sp³-hybridized carbons (Fsp3) is 0.417. The lowest BCUT2D eigenvalue weighted by molar-refractivity contribution is -0.133. The van der Waals surface area contributed by atoms with Gasteiger partial charge in [-0.25, -0.2) is 4.98 Å². The van der Waals surface area contributed by atoms with Crippen LogP contribution in [0.4, 0.5) is 5.69 Å². The van der Waals surface area contributed by atoms with Crippen LogP contribution in [0.2, 0.25) is 0 Å². The highest BCUT2D eigenvalue weighted by atomic mass is 32.1. The summed E-state index contributed by atoms with van der Waals surface area (Å²) in [6.07, 6.45) is 2.14. The summed E-state index contributed by atoms with van der Waals surface area (Å²) in [6.45, 7) is 5.39. The molecule has 7 heteroatoms. The number of carbonyl (C=O) groups is 1. The number of phenolic OH excluding ortho intramolecular Hbond substituents is 1. The maximum Gasteiger partial charge on any atom is 0.236 e. The van der Waals surface area contributed by atoms with Gasteiger partial charge in [0.25, 0.3) is 0 Å². The lowest BCUT2D eigenvalue weighted by Gasteiger charge is -2.38. The number of amides is 1. The maximum atomic E-state index is 13.0. The van der Waals surface area contributed by atoms with Crippen molar-refractivity contribution in [2.45, 2.75) is 18.8 Å². The number of benzene rings is 2. The number of fused-ring (bicyclic) bond motifs is 1. The smallest absolute Gasteiger partial charge is 0.236 e. The van der Waals surface area contributed by atoms with Gasteiger partial charge in [0.05, 0.1) is 27.5 Å². The van der Waals surface area contributed by atoms with Gasteiger partial charge in [-0.1, -0.05) is 24.3 Å². The van der Waals surface area contributed by atoms with E-state index in [0.29, 0.717) is 18.2 Å². The van der Waals surface area contributed by atoms with Crippen molar-refractivity contribution >= 4 is 33.1 Å². The van der Waals surface area contributed by atoms with Gasteiger partial charge in [0, 0.05) is 45.2 Å². The molecule has 2 aliphatic rings. The molecule has 0 radical (unpaired) electrons. The molecule has 0 saturated carbocycles. The predicted molar refractivity (Wildman–Crippen MR) is 125 cm³/mol. The largest absolute Gasteiger partial charge is 0.506 e. The van der Waals surface area contributed by atoms with Crippen LogP contribution in [0.25, 0.3) is 10.2 Å². The monoisotopic (exact) mass is 436 g/mol. The van der Waals surface area contributed by atoms with Crippen LogP contribution in [0.15, 0.2) is 48.5 Å². The molecule has 3 aromatic rings. The number of para-hydroxylation sites is 3. The van der Waals surface area contributed by atoms with Crippen molar-refractivity contribution in [2.24, 2.45) is 0 Å². The normalized spacial score (nSPS) is 20.3. The van der Waals surface area contributed by atoms with Gasteiger partial charge in [-0.2, -0.15) is 0 Å². The molecule has 0 spiro atoms. The molecule has 162 valence electrons. The van der Waals surface area contributed by atoms with Crippen LogP contribution in [0.3, 0.4) is 0 Å². The number of aromatic nitrogens is 1. The Balaban J connectivity index is 1.17. The second-order valence-electron chi connectivity index (χ2n) is 8.45. The Kier molecular flexibility index (Phi) is 5.78. The Labute approximate surface area is 186 Å². The maximum absolute atomic E-state index is 13.0. The molecule has 31 heavy (non-hydrogen) atoms. The Bertz CT molecular complexity index is 1030. The van der Waals surface area contributed by atoms with Crippen LogP contribution < -0.4 is 4.90 Å². The van der Waals surface area contributed by atoms with Crippen LogP contribution in [0, 0.1) is 0 Å². The van der Waals surface area contributed by atoms with Crippen LogP contribution in [0.1, 0.15) is 23.8 Å². The van der Waals surface area contributed by atoms with Gasteiger partial charge in [-0.3, -0.25) is 9.69 Å². The molecule has 3 heterocycles. The standard InChI is InChI=1S/C24H28N4O2S/c29-21-9-3-2-8-20(21)27-14-12-26(13-15-27)17-23(30)28-11-5-6-18(16-28)24-25-19-7-1-4-10-22(19)31-24/h1-4,7-10,18,29H,5-6,11-17H2/t18-/m0/s1. The number of hydrogen-bond donors (Lipinski definition) is 1. The van der Waals surface area contributed by atoms with E-state index in [1.54, 1.807) is 17.4 Å². The molecule has 1 aromatic heterocycles. The molecule has 0 aliphatic carbocycles. The minimum Gasteiger partial charge on any atom is -0.506 e. The van der Waals surface area contributed by atoms with E-state index in [1.165, 1.54) is 4.70 Å². The van der Waals surface area contributed by atoms with Gasteiger partial charge in [0.2, 0.25) is 5.91 Å². The lowest BCUT2D eigenvalue weighted by atomic mass is 9.98. The zero-order valence-electron chi connectivity index (χ0n) is 17.6. The van der Waals surface area contributed by atoms with Crippen LogP contribution in [-0.4, -0.2) is 71.6 Å². The third-order valence-electron chi connectivity index (χ3n) is 6.39. The zero-order valence-corrected chi connectivity index (χ0v) is 18.4. The summed E-state index contributed by atoms with van der Waals surface area (Å²) in [5.74, 6) is 0.885. The first-order chi connectivity index (χ1) is 15.2. The third kappa shape index (κ3) is 4.38. The molecule has 5 rings (SSSR count).